The van der Waals surface area contributed by atoms with E-state index in [0.717, 1.165) is 51.1 Å². The molecule has 0 bridgehead atoms. The summed E-state index contributed by atoms with van der Waals surface area (Å²) in [5.74, 6) is 1.52. The van der Waals surface area contributed by atoms with Crippen molar-refractivity contribution in [2.24, 2.45) is 5.92 Å². The molecule has 3 heteroatoms. The van der Waals surface area contributed by atoms with E-state index in [1.54, 1.807) is 0 Å². The van der Waals surface area contributed by atoms with Gasteiger partial charge in [0.25, 0.3) is 0 Å². The Balaban J connectivity index is 3.16. The van der Waals surface area contributed by atoms with Gasteiger partial charge < -0.3 is 9.47 Å². The van der Waals surface area contributed by atoms with Crippen molar-refractivity contribution >= 4 is 11.6 Å². The highest BCUT2D eigenvalue weighted by molar-refractivity contribution is 6.17. The highest BCUT2D eigenvalue weighted by Crippen LogP contribution is 2.12. The minimum absolute atomic E-state index is 0.732. The molecule has 0 aromatic heterocycles. The van der Waals surface area contributed by atoms with E-state index in [1.807, 2.05) is 0 Å². The van der Waals surface area contributed by atoms with Crippen LogP contribution >= 0.6 is 11.6 Å². The van der Waals surface area contributed by atoms with Gasteiger partial charge in [-0.25, -0.2) is 0 Å². The Morgan fingerprint density at radius 3 is 2.26 bits per heavy atom. The van der Waals surface area contributed by atoms with Crippen LogP contribution < -0.4 is 0 Å². The topological polar surface area (TPSA) is 18.5 Å². The maximum Gasteiger partial charge on any atom is 0.0700 e. The Morgan fingerprint density at radius 2 is 1.58 bits per heavy atom. The molecule has 0 N–H and O–H groups in total. The molecule has 0 fully saturated rings. The third-order valence-electron chi connectivity index (χ3n) is 3.44. The van der Waals surface area contributed by atoms with E-state index in [9.17, 15) is 0 Å². The quantitative estimate of drug-likeness (QED) is 0.311. The van der Waals surface area contributed by atoms with Crippen molar-refractivity contribution in [2.75, 3.05) is 32.3 Å². The lowest BCUT2D eigenvalue weighted by molar-refractivity contribution is 0.0302. The number of rotatable bonds is 15. The second kappa shape index (κ2) is 16.3. The SMILES string of the molecule is CCCCC(CC)COCCOCCCCCCCl. The smallest absolute Gasteiger partial charge is 0.0700 e. The van der Waals surface area contributed by atoms with Crippen LogP contribution in [0.5, 0.6) is 0 Å². The van der Waals surface area contributed by atoms with Crippen LogP contribution in [0.2, 0.25) is 0 Å². The second-order valence-corrected chi connectivity index (χ2v) is 5.58. The molecule has 0 radical (unpaired) electrons. The summed E-state index contributed by atoms with van der Waals surface area (Å²) in [6.45, 7) is 7.73. The van der Waals surface area contributed by atoms with Crippen molar-refractivity contribution in [1.82, 2.24) is 0 Å². The van der Waals surface area contributed by atoms with E-state index in [-0.39, 0.29) is 0 Å². The van der Waals surface area contributed by atoms with E-state index in [2.05, 4.69) is 13.8 Å². The molecule has 0 spiro atoms. The Labute approximate surface area is 125 Å². The minimum Gasteiger partial charge on any atom is -0.379 e. The van der Waals surface area contributed by atoms with Gasteiger partial charge >= 0.3 is 0 Å². The third-order valence-corrected chi connectivity index (χ3v) is 3.71. The molecule has 19 heavy (non-hydrogen) atoms. The maximum absolute atomic E-state index is 5.69. The number of ether oxygens (including phenoxy) is 2. The molecule has 0 aliphatic carbocycles. The zero-order chi connectivity index (χ0) is 14.2. The first-order valence-corrected chi connectivity index (χ1v) is 8.60. The van der Waals surface area contributed by atoms with Crippen LogP contribution in [0.3, 0.4) is 0 Å². The molecule has 0 rings (SSSR count). The lowest BCUT2D eigenvalue weighted by Crippen LogP contribution is -2.12. The van der Waals surface area contributed by atoms with Gasteiger partial charge in [-0.1, -0.05) is 46.0 Å². The lowest BCUT2D eigenvalue weighted by Gasteiger charge is -2.14. The summed E-state index contributed by atoms with van der Waals surface area (Å²) in [5, 5.41) is 0. The van der Waals surface area contributed by atoms with Crippen molar-refractivity contribution in [3.63, 3.8) is 0 Å². The van der Waals surface area contributed by atoms with Gasteiger partial charge in [0.2, 0.25) is 0 Å². The lowest BCUT2D eigenvalue weighted by atomic mass is 10.0. The van der Waals surface area contributed by atoms with E-state index in [0.29, 0.717) is 0 Å². The van der Waals surface area contributed by atoms with E-state index in [1.165, 1.54) is 38.5 Å². The Bertz CT molecular complexity index is 165. The van der Waals surface area contributed by atoms with Gasteiger partial charge in [-0.3, -0.25) is 0 Å². The van der Waals surface area contributed by atoms with E-state index < -0.39 is 0 Å². The van der Waals surface area contributed by atoms with E-state index >= 15 is 0 Å². The van der Waals surface area contributed by atoms with Crippen molar-refractivity contribution in [2.45, 2.75) is 65.2 Å². The van der Waals surface area contributed by atoms with Gasteiger partial charge in [-0.15, -0.1) is 11.6 Å². The predicted molar refractivity (Wildman–Crippen MR) is 84.1 cm³/mol. The molecule has 116 valence electrons. The maximum atomic E-state index is 5.69. The fraction of sp³-hybridized carbons (Fsp3) is 1.00. The standard InChI is InChI=1S/C16H33ClO2/c1-3-5-10-16(4-2)15-19-14-13-18-12-9-7-6-8-11-17/h16H,3-15H2,1-2H3. The average Bonchev–Trinajstić information content (AvgIpc) is 2.44. The van der Waals surface area contributed by atoms with Crippen molar-refractivity contribution in [3.8, 4) is 0 Å². The van der Waals surface area contributed by atoms with Crippen molar-refractivity contribution in [3.05, 3.63) is 0 Å². The summed E-state index contributed by atoms with van der Waals surface area (Å²) in [5.41, 5.74) is 0. The van der Waals surface area contributed by atoms with Gasteiger partial charge in [-0.2, -0.15) is 0 Å². The molecular formula is C16H33ClO2. The van der Waals surface area contributed by atoms with Gasteiger partial charge in [0.1, 0.15) is 0 Å². The molecule has 0 amide bonds. The second-order valence-electron chi connectivity index (χ2n) is 5.21. The molecule has 0 aromatic rings. The normalized spacial score (nSPS) is 12.8. The highest BCUT2D eigenvalue weighted by atomic mass is 35.5. The van der Waals surface area contributed by atoms with Gasteiger partial charge in [0, 0.05) is 19.1 Å². The summed E-state index contributed by atoms with van der Waals surface area (Å²) in [7, 11) is 0. The predicted octanol–water partition coefficient (Wildman–Crippen LogP) is 5.04. The van der Waals surface area contributed by atoms with Crippen LogP contribution in [0.15, 0.2) is 0 Å². The first kappa shape index (κ1) is 19.2. The first-order valence-electron chi connectivity index (χ1n) is 8.06. The zero-order valence-corrected chi connectivity index (χ0v) is 13.7. The van der Waals surface area contributed by atoms with Gasteiger partial charge in [0.15, 0.2) is 0 Å². The molecule has 0 aliphatic heterocycles. The Kier molecular flexibility index (Phi) is 16.4. The average molecular weight is 293 g/mol. The number of alkyl halides is 1. The summed E-state index contributed by atoms with van der Waals surface area (Å²) in [6, 6.07) is 0. The molecular weight excluding hydrogens is 260 g/mol. The molecule has 2 nitrogen and oxygen atoms in total. The molecule has 1 atom stereocenters. The third kappa shape index (κ3) is 14.4. The number of hydrogen-bond donors (Lipinski definition) is 0. The minimum atomic E-state index is 0.732. The zero-order valence-electron chi connectivity index (χ0n) is 13.0. The summed E-state index contributed by atoms with van der Waals surface area (Å²) in [4.78, 5) is 0. The van der Waals surface area contributed by atoms with Crippen molar-refractivity contribution < 1.29 is 9.47 Å². The number of halogens is 1. The van der Waals surface area contributed by atoms with E-state index in [4.69, 9.17) is 21.1 Å². The van der Waals surface area contributed by atoms with Crippen LogP contribution in [0.25, 0.3) is 0 Å². The number of hydrogen-bond acceptors (Lipinski definition) is 2. The van der Waals surface area contributed by atoms with Gasteiger partial charge in [0.05, 0.1) is 13.2 Å². The molecule has 0 heterocycles. The molecule has 0 saturated carbocycles. The fourth-order valence-electron chi connectivity index (χ4n) is 2.02. The van der Waals surface area contributed by atoms with Gasteiger partial charge in [-0.05, 0) is 25.2 Å². The van der Waals surface area contributed by atoms with Crippen LogP contribution in [0, 0.1) is 5.92 Å². The molecule has 1 unspecified atom stereocenters. The summed E-state index contributed by atoms with van der Waals surface area (Å²) in [6.07, 6.45) is 9.84. The Hall–Kier alpha value is 0.210. The van der Waals surface area contributed by atoms with Crippen LogP contribution in [0.4, 0.5) is 0 Å². The number of unbranched alkanes of at least 4 members (excludes halogenated alkanes) is 4. The highest BCUT2D eigenvalue weighted by Gasteiger charge is 2.05. The molecule has 0 saturated heterocycles. The fourth-order valence-corrected chi connectivity index (χ4v) is 2.21. The van der Waals surface area contributed by atoms with Crippen LogP contribution in [-0.2, 0) is 9.47 Å². The van der Waals surface area contributed by atoms with Crippen LogP contribution in [0.1, 0.15) is 65.2 Å². The summed E-state index contributed by atoms with van der Waals surface area (Å²) >= 11 is 5.62. The summed E-state index contributed by atoms with van der Waals surface area (Å²) < 4.78 is 11.2. The Morgan fingerprint density at radius 1 is 0.842 bits per heavy atom. The molecule has 0 aromatic carbocycles. The largest absolute Gasteiger partial charge is 0.379 e. The molecule has 0 aliphatic rings. The van der Waals surface area contributed by atoms with Crippen molar-refractivity contribution in [1.29, 1.82) is 0 Å². The van der Waals surface area contributed by atoms with Crippen LogP contribution in [-0.4, -0.2) is 32.3 Å². The first-order chi connectivity index (χ1) is 9.35. The monoisotopic (exact) mass is 292 g/mol.